The van der Waals surface area contributed by atoms with Crippen LogP contribution >= 0.6 is 11.8 Å². The van der Waals surface area contributed by atoms with Crippen LogP contribution in [0.25, 0.3) is 0 Å². The largest absolute Gasteiger partial charge is 0.387 e. The third-order valence-electron chi connectivity index (χ3n) is 1.66. The summed E-state index contributed by atoms with van der Waals surface area (Å²) in [6, 6.07) is 0. The lowest BCUT2D eigenvalue weighted by Gasteiger charge is -2.19. The Bertz CT molecular complexity index is 108. The molecule has 1 fully saturated rings. The second-order valence-electron chi connectivity index (χ2n) is 2.34. The lowest BCUT2D eigenvalue weighted by atomic mass is 10.0. The molecule has 2 nitrogen and oxygen atoms in total. The molecule has 9 heavy (non-hydrogen) atoms. The number of thioether (sulfide) groups is 1. The predicted octanol–water partition coefficient (Wildman–Crippen LogP) is 1.07. The summed E-state index contributed by atoms with van der Waals surface area (Å²) in [6.07, 6.45) is 2.22. The zero-order valence-corrected chi connectivity index (χ0v) is 6.21. The van der Waals surface area contributed by atoms with Gasteiger partial charge in [-0.2, -0.15) is 11.8 Å². The van der Waals surface area contributed by atoms with Gasteiger partial charge in [0.1, 0.15) is 0 Å². The number of amidine groups is 1. The van der Waals surface area contributed by atoms with E-state index in [1.54, 1.807) is 0 Å². The van der Waals surface area contributed by atoms with E-state index in [0.29, 0.717) is 11.8 Å². The molecule has 1 aliphatic rings. The summed E-state index contributed by atoms with van der Waals surface area (Å²) < 4.78 is 0. The Balaban J connectivity index is 2.31. The number of hydrogen-bond donors (Lipinski definition) is 2. The van der Waals surface area contributed by atoms with E-state index in [1.807, 2.05) is 11.8 Å². The van der Waals surface area contributed by atoms with Crippen LogP contribution in [-0.4, -0.2) is 17.3 Å². The van der Waals surface area contributed by atoms with E-state index in [1.165, 1.54) is 11.5 Å². The summed E-state index contributed by atoms with van der Waals surface area (Å²) in [5, 5.41) is 7.16. The lowest BCUT2D eigenvalue weighted by molar-refractivity contribution is 0.630. The third kappa shape index (κ3) is 1.90. The van der Waals surface area contributed by atoms with Gasteiger partial charge in [0.2, 0.25) is 0 Å². The Morgan fingerprint density at radius 3 is 2.33 bits per heavy atom. The van der Waals surface area contributed by atoms with Crippen molar-refractivity contribution in [3.05, 3.63) is 0 Å². The number of rotatable bonds is 1. The van der Waals surface area contributed by atoms with Crippen LogP contribution in [-0.2, 0) is 0 Å². The topological polar surface area (TPSA) is 49.9 Å². The fourth-order valence-corrected chi connectivity index (χ4v) is 2.12. The molecule has 3 N–H and O–H groups in total. The second-order valence-corrected chi connectivity index (χ2v) is 3.57. The summed E-state index contributed by atoms with van der Waals surface area (Å²) >= 11 is 1.96. The molecule has 1 aliphatic heterocycles. The highest BCUT2D eigenvalue weighted by Gasteiger charge is 2.15. The molecule has 0 amide bonds. The van der Waals surface area contributed by atoms with Gasteiger partial charge in [0, 0.05) is 5.92 Å². The molecule has 1 saturated heterocycles. The Hall–Kier alpha value is -0.180. The van der Waals surface area contributed by atoms with E-state index in [0.717, 1.165) is 12.8 Å². The summed E-state index contributed by atoms with van der Waals surface area (Å²) in [5.74, 6) is 3.15. The van der Waals surface area contributed by atoms with Crippen molar-refractivity contribution in [1.29, 1.82) is 5.41 Å². The van der Waals surface area contributed by atoms with Gasteiger partial charge in [0.05, 0.1) is 5.84 Å². The first-order valence-electron chi connectivity index (χ1n) is 3.22. The minimum atomic E-state index is 0.385. The van der Waals surface area contributed by atoms with Crippen LogP contribution in [0.3, 0.4) is 0 Å². The minimum absolute atomic E-state index is 0.385. The summed E-state index contributed by atoms with van der Waals surface area (Å²) in [6.45, 7) is 0. The van der Waals surface area contributed by atoms with Crippen molar-refractivity contribution in [3.63, 3.8) is 0 Å². The fraction of sp³-hybridized carbons (Fsp3) is 0.833. The smallest absolute Gasteiger partial charge is 0.0937 e. The van der Waals surface area contributed by atoms with Crippen molar-refractivity contribution in [1.82, 2.24) is 0 Å². The van der Waals surface area contributed by atoms with Gasteiger partial charge in [-0.15, -0.1) is 0 Å². The highest BCUT2D eigenvalue weighted by molar-refractivity contribution is 7.99. The first-order valence-corrected chi connectivity index (χ1v) is 4.38. The van der Waals surface area contributed by atoms with Gasteiger partial charge in [-0.05, 0) is 24.3 Å². The highest BCUT2D eigenvalue weighted by Crippen LogP contribution is 2.21. The van der Waals surface area contributed by atoms with E-state index in [-0.39, 0.29) is 0 Å². The van der Waals surface area contributed by atoms with Crippen molar-refractivity contribution >= 4 is 17.6 Å². The zero-order valence-electron chi connectivity index (χ0n) is 5.39. The van der Waals surface area contributed by atoms with Gasteiger partial charge in [-0.25, -0.2) is 0 Å². The van der Waals surface area contributed by atoms with Crippen LogP contribution in [0.2, 0.25) is 0 Å². The van der Waals surface area contributed by atoms with Crippen LogP contribution in [0.1, 0.15) is 12.8 Å². The molecule has 0 atom stereocenters. The molecule has 0 radical (unpaired) electrons. The molecule has 52 valence electrons. The summed E-state index contributed by atoms with van der Waals surface area (Å²) in [7, 11) is 0. The van der Waals surface area contributed by atoms with Crippen LogP contribution < -0.4 is 5.73 Å². The number of hydrogen-bond acceptors (Lipinski definition) is 2. The monoisotopic (exact) mass is 144 g/mol. The molecule has 0 spiro atoms. The Morgan fingerprint density at radius 2 is 2.00 bits per heavy atom. The van der Waals surface area contributed by atoms with Gasteiger partial charge < -0.3 is 5.73 Å². The molecule has 0 aromatic heterocycles. The van der Waals surface area contributed by atoms with Crippen molar-refractivity contribution in [2.45, 2.75) is 12.8 Å². The van der Waals surface area contributed by atoms with E-state index in [9.17, 15) is 0 Å². The highest BCUT2D eigenvalue weighted by atomic mass is 32.2. The standard InChI is InChI=1S/C6H12N2S/c7-6(8)5-1-3-9-4-2-5/h5H,1-4H2,(H3,7,8). The molecule has 1 rings (SSSR count). The quantitative estimate of drug-likeness (QED) is 0.427. The van der Waals surface area contributed by atoms with Crippen LogP contribution in [0.5, 0.6) is 0 Å². The van der Waals surface area contributed by atoms with Gasteiger partial charge in [0.15, 0.2) is 0 Å². The van der Waals surface area contributed by atoms with E-state index >= 15 is 0 Å². The maximum atomic E-state index is 7.16. The minimum Gasteiger partial charge on any atom is -0.387 e. The van der Waals surface area contributed by atoms with Crippen molar-refractivity contribution in [2.24, 2.45) is 11.7 Å². The van der Waals surface area contributed by atoms with E-state index in [2.05, 4.69) is 0 Å². The molecule has 0 aromatic rings. The normalized spacial score (nSPS) is 21.8. The van der Waals surface area contributed by atoms with Crippen molar-refractivity contribution < 1.29 is 0 Å². The molecule has 0 aliphatic carbocycles. The molecule has 0 saturated carbocycles. The van der Waals surface area contributed by atoms with E-state index in [4.69, 9.17) is 11.1 Å². The maximum absolute atomic E-state index is 7.16. The van der Waals surface area contributed by atoms with Crippen LogP contribution in [0.4, 0.5) is 0 Å². The fourth-order valence-electron chi connectivity index (χ4n) is 1.01. The average molecular weight is 144 g/mol. The first kappa shape index (κ1) is 6.93. The van der Waals surface area contributed by atoms with Crippen LogP contribution in [0.15, 0.2) is 0 Å². The molecular weight excluding hydrogens is 132 g/mol. The molecular formula is C6H12N2S. The average Bonchev–Trinajstić information content (AvgIpc) is 1.90. The van der Waals surface area contributed by atoms with Gasteiger partial charge in [-0.1, -0.05) is 0 Å². The van der Waals surface area contributed by atoms with Gasteiger partial charge in [-0.3, -0.25) is 5.41 Å². The second kappa shape index (κ2) is 3.11. The van der Waals surface area contributed by atoms with E-state index < -0.39 is 0 Å². The van der Waals surface area contributed by atoms with Gasteiger partial charge in [0.25, 0.3) is 0 Å². The zero-order chi connectivity index (χ0) is 6.69. The lowest BCUT2D eigenvalue weighted by Crippen LogP contribution is -2.25. The molecule has 0 unspecified atom stereocenters. The first-order chi connectivity index (χ1) is 4.30. The Kier molecular flexibility index (Phi) is 2.39. The number of nitrogens with one attached hydrogen (secondary N) is 1. The maximum Gasteiger partial charge on any atom is 0.0937 e. The summed E-state index contributed by atoms with van der Waals surface area (Å²) in [5.41, 5.74) is 5.34. The molecule has 0 aromatic carbocycles. The number of nitrogens with two attached hydrogens (primary N) is 1. The SMILES string of the molecule is N=C(N)C1CCSCC1. The third-order valence-corrected chi connectivity index (χ3v) is 2.71. The summed E-state index contributed by atoms with van der Waals surface area (Å²) in [4.78, 5) is 0. The predicted molar refractivity (Wildman–Crippen MR) is 42.0 cm³/mol. The van der Waals surface area contributed by atoms with Crippen LogP contribution in [0, 0.1) is 11.3 Å². The van der Waals surface area contributed by atoms with Gasteiger partial charge >= 0.3 is 0 Å². The molecule has 0 bridgehead atoms. The Labute approximate surface area is 59.7 Å². The molecule has 1 heterocycles. The molecule has 3 heteroatoms. The Morgan fingerprint density at radius 1 is 1.44 bits per heavy atom. The van der Waals surface area contributed by atoms with Crippen molar-refractivity contribution in [3.8, 4) is 0 Å². The van der Waals surface area contributed by atoms with Crippen molar-refractivity contribution in [2.75, 3.05) is 11.5 Å².